The number of hydrogen-bond donors (Lipinski definition) is 0. The van der Waals surface area contributed by atoms with E-state index in [0.717, 1.165) is 23.1 Å². The normalized spacial score (nSPS) is 30.0. The maximum atomic E-state index is 12.8. The largest absolute Gasteiger partial charge is 0.468 e. The van der Waals surface area contributed by atoms with Crippen molar-refractivity contribution in [1.82, 2.24) is 0 Å². The number of carbonyl (C=O) groups excluding carboxylic acids is 2. The van der Waals surface area contributed by atoms with Crippen LogP contribution in [0.4, 0.5) is 0 Å². The Labute approximate surface area is 145 Å². The summed E-state index contributed by atoms with van der Waals surface area (Å²) in [6.07, 6.45) is 1.44. The summed E-state index contributed by atoms with van der Waals surface area (Å²) >= 11 is 0. The number of Topliss-reactive ketones (excluding diaryl/α,β-unsaturated/α-hetero) is 1. The highest BCUT2D eigenvalue weighted by atomic mass is 16.5. The van der Waals surface area contributed by atoms with E-state index in [-0.39, 0.29) is 23.6 Å². The van der Waals surface area contributed by atoms with E-state index in [4.69, 9.17) is 4.74 Å². The summed E-state index contributed by atoms with van der Waals surface area (Å²) in [5, 5.41) is 0. The summed E-state index contributed by atoms with van der Waals surface area (Å²) in [6, 6.07) is 4.30. The molecule has 1 aromatic rings. The lowest BCUT2D eigenvalue weighted by atomic mass is 9.54. The van der Waals surface area contributed by atoms with Gasteiger partial charge < -0.3 is 4.74 Å². The van der Waals surface area contributed by atoms with Gasteiger partial charge in [0.05, 0.1) is 7.11 Å². The Morgan fingerprint density at radius 3 is 2.12 bits per heavy atom. The van der Waals surface area contributed by atoms with E-state index >= 15 is 0 Å². The van der Waals surface area contributed by atoms with Crippen LogP contribution < -0.4 is 0 Å². The Kier molecular flexibility index (Phi) is 5.22. The number of hydrogen-bond acceptors (Lipinski definition) is 3. The van der Waals surface area contributed by atoms with Gasteiger partial charge >= 0.3 is 5.97 Å². The number of methoxy groups -OCH3 is 1. The van der Waals surface area contributed by atoms with E-state index in [1.165, 1.54) is 12.7 Å². The van der Waals surface area contributed by atoms with Crippen LogP contribution in [0.25, 0.3) is 0 Å². The first-order valence-corrected chi connectivity index (χ1v) is 8.84. The zero-order valence-electron chi connectivity index (χ0n) is 16.0. The lowest BCUT2D eigenvalue weighted by Crippen LogP contribution is -2.50. The Hall–Kier alpha value is -1.64. The molecular formula is C21H30O3. The first-order valence-electron chi connectivity index (χ1n) is 8.84. The monoisotopic (exact) mass is 330 g/mol. The van der Waals surface area contributed by atoms with Gasteiger partial charge in [-0.3, -0.25) is 9.59 Å². The molecule has 0 aromatic heterocycles. The molecule has 1 aliphatic rings. The van der Waals surface area contributed by atoms with Gasteiger partial charge in [-0.05, 0) is 69.1 Å². The fraction of sp³-hybridized carbons (Fsp3) is 0.619. The minimum Gasteiger partial charge on any atom is -0.468 e. The van der Waals surface area contributed by atoms with Gasteiger partial charge in [-0.1, -0.05) is 31.5 Å². The zero-order chi connectivity index (χ0) is 18.2. The van der Waals surface area contributed by atoms with Crippen LogP contribution in [0.15, 0.2) is 12.1 Å². The van der Waals surface area contributed by atoms with E-state index in [0.29, 0.717) is 12.3 Å². The molecule has 1 aliphatic carbocycles. The predicted molar refractivity (Wildman–Crippen MR) is 96.1 cm³/mol. The summed E-state index contributed by atoms with van der Waals surface area (Å²) in [5.41, 5.74) is 3.61. The smallest absolute Gasteiger partial charge is 0.319 e. The molecule has 0 heterocycles. The van der Waals surface area contributed by atoms with Gasteiger partial charge in [0.1, 0.15) is 11.2 Å². The van der Waals surface area contributed by atoms with Crippen molar-refractivity contribution in [2.75, 3.05) is 7.11 Å². The number of esters is 1. The molecule has 0 amide bonds. The molecule has 1 aromatic carbocycles. The van der Waals surface area contributed by atoms with Crippen LogP contribution in [0, 0.1) is 38.0 Å². The average Bonchev–Trinajstić information content (AvgIpc) is 2.49. The molecule has 0 N–H and O–H groups in total. The Bertz CT molecular complexity index is 638. The third-order valence-electron chi connectivity index (χ3n) is 6.18. The van der Waals surface area contributed by atoms with Crippen molar-refractivity contribution in [3.8, 4) is 0 Å². The summed E-state index contributed by atoms with van der Waals surface area (Å²) in [6.45, 7) is 12.2. The molecule has 0 radical (unpaired) electrons. The third-order valence-corrected chi connectivity index (χ3v) is 6.18. The summed E-state index contributed by atoms with van der Waals surface area (Å²) in [5.74, 6) is 0.122. The molecule has 3 heteroatoms. The van der Waals surface area contributed by atoms with Gasteiger partial charge in [0.2, 0.25) is 0 Å². The van der Waals surface area contributed by atoms with Crippen molar-refractivity contribution in [2.24, 2.45) is 17.3 Å². The highest BCUT2D eigenvalue weighted by Gasteiger charge is 2.56. The molecule has 0 spiro atoms. The minimum absolute atomic E-state index is 0.0718. The second-order valence-corrected chi connectivity index (χ2v) is 7.68. The van der Waals surface area contributed by atoms with Gasteiger partial charge in [-0.15, -0.1) is 0 Å². The molecule has 24 heavy (non-hydrogen) atoms. The molecular weight excluding hydrogens is 300 g/mol. The van der Waals surface area contributed by atoms with Crippen LogP contribution in [0.1, 0.15) is 61.8 Å². The van der Waals surface area contributed by atoms with E-state index in [1.807, 2.05) is 0 Å². The van der Waals surface area contributed by atoms with Gasteiger partial charge in [-0.25, -0.2) is 0 Å². The topological polar surface area (TPSA) is 43.4 Å². The highest BCUT2D eigenvalue weighted by Crippen LogP contribution is 2.54. The summed E-state index contributed by atoms with van der Waals surface area (Å²) in [7, 11) is 1.39. The van der Waals surface area contributed by atoms with E-state index < -0.39 is 5.41 Å². The van der Waals surface area contributed by atoms with Crippen molar-refractivity contribution >= 4 is 11.8 Å². The Balaban J connectivity index is 2.76. The fourth-order valence-electron chi connectivity index (χ4n) is 4.79. The van der Waals surface area contributed by atoms with Crippen LogP contribution in [0.5, 0.6) is 0 Å². The van der Waals surface area contributed by atoms with Crippen molar-refractivity contribution in [2.45, 2.75) is 60.3 Å². The average molecular weight is 330 g/mol. The van der Waals surface area contributed by atoms with E-state index in [2.05, 4.69) is 46.8 Å². The summed E-state index contributed by atoms with van der Waals surface area (Å²) in [4.78, 5) is 25.6. The molecule has 2 rings (SSSR count). The number of benzene rings is 1. The van der Waals surface area contributed by atoms with Crippen molar-refractivity contribution in [1.29, 1.82) is 0 Å². The first-order chi connectivity index (χ1) is 11.2. The molecule has 0 bridgehead atoms. The molecule has 4 atom stereocenters. The molecule has 132 valence electrons. The van der Waals surface area contributed by atoms with Gasteiger partial charge in [0.15, 0.2) is 0 Å². The van der Waals surface area contributed by atoms with Gasteiger partial charge in [0, 0.05) is 5.92 Å². The molecule has 3 nitrogen and oxygen atoms in total. The molecule has 1 fully saturated rings. The van der Waals surface area contributed by atoms with Crippen molar-refractivity contribution in [3.63, 3.8) is 0 Å². The van der Waals surface area contributed by atoms with E-state index in [1.54, 1.807) is 6.92 Å². The summed E-state index contributed by atoms with van der Waals surface area (Å²) < 4.78 is 5.13. The Morgan fingerprint density at radius 2 is 1.67 bits per heavy atom. The second-order valence-electron chi connectivity index (χ2n) is 7.68. The first kappa shape index (κ1) is 18.7. The highest BCUT2D eigenvalue weighted by molar-refractivity contribution is 6.04. The van der Waals surface area contributed by atoms with Crippen LogP contribution in [0.2, 0.25) is 0 Å². The molecule has 4 unspecified atom stereocenters. The fourth-order valence-corrected chi connectivity index (χ4v) is 4.79. The second kappa shape index (κ2) is 6.70. The number of rotatable bonds is 3. The molecule has 0 saturated heterocycles. The van der Waals surface area contributed by atoms with Crippen LogP contribution >= 0.6 is 0 Å². The predicted octanol–water partition coefficient (Wildman–Crippen LogP) is 4.51. The lowest BCUT2D eigenvalue weighted by Gasteiger charge is -2.47. The SMILES string of the molecule is COC(=O)C1(C(C)=O)CCC(C)C(C)C1c1c(C)cc(C)cc1C. The maximum Gasteiger partial charge on any atom is 0.319 e. The van der Waals surface area contributed by atoms with Gasteiger partial charge in [-0.2, -0.15) is 0 Å². The third kappa shape index (κ3) is 2.78. The van der Waals surface area contributed by atoms with Crippen molar-refractivity contribution in [3.05, 3.63) is 34.4 Å². The van der Waals surface area contributed by atoms with Gasteiger partial charge in [0.25, 0.3) is 0 Å². The lowest BCUT2D eigenvalue weighted by molar-refractivity contribution is -0.163. The zero-order valence-corrected chi connectivity index (χ0v) is 16.0. The number of aryl methyl sites for hydroxylation is 3. The van der Waals surface area contributed by atoms with E-state index in [9.17, 15) is 9.59 Å². The Morgan fingerprint density at radius 1 is 1.12 bits per heavy atom. The maximum absolute atomic E-state index is 12.8. The van der Waals surface area contributed by atoms with Crippen molar-refractivity contribution < 1.29 is 14.3 Å². The number of ether oxygens (including phenoxy) is 1. The molecule has 0 aliphatic heterocycles. The van der Waals surface area contributed by atoms with Crippen LogP contribution in [0.3, 0.4) is 0 Å². The standard InChI is InChI=1S/C21H30O3/c1-12-10-14(3)18(15(4)11-12)19-16(5)13(2)8-9-21(19,17(6)22)20(23)24-7/h10-11,13,16,19H,8-9H2,1-7H3. The number of carbonyl (C=O) groups is 2. The van der Waals surface area contributed by atoms with Crippen LogP contribution in [-0.4, -0.2) is 18.9 Å². The quantitative estimate of drug-likeness (QED) is 0.605. The van der Waals surface area contributed by atoms with Crippen LogP contribution in [-0.2, 0) is 14.3 Å². The minimum atomic E-state index is -1.06. The number of ketones is 1. The molecule has 1 saturated carbocycles.